The van der Waals surface area contributed by atoms with Gasteiger partial charge in [-0.2, -0.15) is 0 Å². The topological polar surface area (TPSA) is 71.4 Å². The Morgan fingerprint density at radius 2 is 2.24 bits per heavy atom. The van der Waals surface area contributed by atoms with Crippen LogP contribution in [0.2, 0.25) is 5.15 Å². The van der Waals surface area contributed by atoms with Crippen molar-refractivity contribution in [3.8, 4) is 0 Å². The van der Waals surface area contributed by atoms with Crippen molar-refractivity contribution < 1.29 is 9.84 Å². The highest BCUT2D eigenvalue weighted by atomic mass is 35.5. The molecule has 6 nitrogen and oxygen atoms in total. The molecular weight excluding hydrogens is 244 g/mol. The fourth-order valence-corrected chi connectivity index (χ4v) is 1.90. The summed E-state index contributed by atoms with van der Waals surface area (Å²) in [5.74, 6) is 0.528. The van der Waals surface area contributed by atoms with E-state index >= 15 is 0 Å². The number of aliphatic hydroxyl groups is 1. The standard InChI is InChI=1S/C10H15ClN4O2/c1-6-3-15(4-8(5-16)17-6)10-12-7(2)9(11)13-14-10/h6,8,16H,3-5H2,1-2H3/t6-,8+/m1/s1. The summed E-state index contributed by atoms with van der Waals surface area (Å²) >= 11 is 5.78. The summed E-state index contributed by atoms with van der Waals surface area (Å²) < 4.78 is 5.55. The summed E-state index contributed by atoms with van der Waals surface area (Å²) in [5, 5.41) is 17.3. The van der Waals surface area contributed by atoms with Crippen LogP contribution in [0.5, 0.6) is 0 Å². The second-order valence-corrected chi connectivity index (χ2v) is 4.50. The number of hydrogen-bond donors (Lipinski definition) is 1. The number of halogens is 1. The van der Waals surface area contributed by atoms with E-state index in [1.165, 1.54) is 0 Å². The maximum absolute atomic E-state index is 9.14. The number of ether oxygens (including phenoxy) is 1. The molecule has 1 aliphatic rings. The number of aromatic nitrogens is 3. The molecule has 0 aromatic carbocycles. The van der Waals surface area contributed by atoms with E-state index in [2.05, 4.69) is 15.2 Å². The van der Waals surface area contributed by atoms with Crippen LogP contribution in [0.25, 0.3) is 0 Å². The Morgan fingerprint density at radius 3 is 2.88 bits per heavy atom. The van der Waals surface area contributed by atoms with Crippen LogP contribution in [0, 0.1) is 6.92 Å². The van der Waals surface area contributed by atoms with E-state index in [1.54, 1.807) is 6.92 Å². The van der Waals surface area contributed by atoms with Crippen molar-refractivity contribution in [2.24, 2.45) is 0 Å². The van der Waals surface area contributed by atoms with Crippen LogP contribution in [0.4, 0.5) is 5.95 Å². The third-order valence-corrected chi connectivity index (χ3v) is 2.96. The van der Waals surface area contributed by atoms with Gasteiger partial charge in [-0.05, 0) is 13.8 Å². The summed E-state index contributed by atoms with van der Waals surface area (Å²) in [6, 6.07) is 0. The third kappa shape index (κ3) is 2.83. The minimum Gasteiger partial charge on any atom is -0.394 e. The van der Waals surface area contributed by atoms with Gasteiger partial charge in [0.2, 0.25) is 5.95 Å². The highest BCUT2D eigenvalue weighted by molar-refractivity contribution is 6.29. The molecule has 1 fully saturated rings. The second kappa shape index (κ2) is 5.12. The predicted octanol–water partition coefficient (Wildman–Crippen LogP) is 0.419. The summed E-state index contributed by atoms with van der Waals surface area (Å²) in [5.41, 5.74) is 0.649. The van der Waals surface area contributed by atoms with Crippen molar-refractivity contribution >= 4 is 17.5 Å². The quantitative estimate of drug-likeness (QED) is 0.829. The number of morpholine rings is 1. The molecule has 1 aromatic heterocycles. The molecule has 0 aliphatic carbocycles. The smallest absolute Gasteiger partial charge is 0.245 e. The minimum absolute atomic E-state index is 0.0131. The Morgan fingerprint density at radius 1 is 1.47 bits per heavy atom. The van der Waals surface area contributed by atoms with Gasteiger partial charge in [-0.25, -0.2) is 4.98 Å². The first-order chi connectivity index (χ1) is 8.10. The number of anilines is 1. The van der Waals surface area contributed by atoms with Crippen LogP contribution in [-0.4, -0.2) is 52.2 Å². The SMILES string of the molecule is Cc1nc(N2C[C@@H](CO)O[C@H](C)C2)nnc1Cl. The van der Waals surface area contributed by atoms with E-state index in [0.717, 1.165) is 0 Å². The molecule has 1 saturated heterocycles. The lowest BCUT2D eigenvalue weighted by Gasteiger charge is -2.35. The Hall–Kier alpha value is -0.980. The van der Waals surface area contributed by atoms with Gasteiger partial charge >= 0.3 is 0 Å². The second-order valence-electron chi connectivity index (χ2n) is 4.14. The molecule has 0 unspecified atom stereocenters. The number of rotatable bonds is 2. The molecule has 2 rings (SSSR count). The largest absolute Gasteiger partial charge is 0.394 e. The molecule has 1 aliphatic heterocycles. The normalized spacial score (nSPS) is 25.1. The van der Waals surface area contributed by atoms with E-state index in [0.29, 0.717) is 29.9 Å². The van der Waals surface area contributed by atoms with Gasteiger partial charge in [0.05, 0.1) is 24.5 Å². The van der Waals surface area contributed by atoms with Gasteiger partial charge in [-0.1, -0.05) is 11.6 Å². The van der Waals surface area contributed by atoms with Crippen molar-refractivity contribution in [1.82, 2.24) is 15.2 Å². The van der Waals surface area contributed by atoms with Gasteiger partial charge in [-0.3, -0.25) is 0 Å². The molecule has 0 radical (unpaired) electrons. The molecule has 0 spiro atoms. The zero-order chi connectivity index (χ0) is 12.4. The first-order valence-corrected chi connectivity index (χ1v) is 5.86. The molecule has 1 N–H and O–H groups in total. The summed E-state index contributed by atoms with van der Waals surface area (Å²) in [6.45, 7) is 4.96. The summed E-state index contributed by atoms with van der Waals surface area (Å²) in [6.07, 6.45) is -0.182. The maximum Gasteiger partial charge on any atom is 0.245 e. The van der Waals surface area contributed by atoms with E-state index < -0.39 is 0 Å². The predicted molar refractivity (Wildman–Crippen MR) is 63.2 cm³/mol. The first-order valence-electron chi connectivity index (χ1n) is 5.48. The average molecular weight is 259 g/mol. The Kier molecular flexibility index (Phi) is 3.76. The zero-order valence-corrected chi connectivity index (χ0v) is 10.6. The Bertz CT molecular complexity index is 404. The number of nitrogens with zero attached hydrogens (tertiary/aromatic N) is 4. The van der Waals surface area contributed by atoms with Crippen molar-refractivity contribution in [1.29, 1.82) is 0 Å². The number of hydrogen-bond acceptors (Lipinski definition) is 6. The summed E-state index contributed by atoms with van der Waals surface area (Å²) in [7, 11) is 0. The molecule has 17 heavy (non-hydrogen) atoms. The molecule has 0 saturated carbocycles. The Labute approximate surface area is 105 Å². The monoisotopic (exact) mass is 258 g/mol. The first kappa shape index (κ1) is 12.5. The molecule has 0 bridgehead atoms. The van der Waals surface area contributed by atoms with E-state index in [-0.39, 0.29) is 18.8 Å². The highest BCUT2D eigenvalue weighted by Crippen LogP contribution is 2.17. The van der Waals surface area contributed by atoms with Crippen LogP contribution in [0.3, 0.4) is 0 Å². The van der Waals surface area contributed by atoms with Gasteiger partial charge in [0.25, 0.3) is 0 Å². The Balaban J connectivity index is 2.17. The lowest BCUT2D eigenvalue weighted by molar-refractivity contribution is -0.0425. The summed E-state index contributed by atoms with van der Waals surface area (Å²) in [4.78, 5) is 6.23. The van der Waals surface area contributed by atoms with Crippen LogP contribution >= 0.6 is 11.6 Å². The third-order valence-electron chi connectivity index (χ3n) is 2.61. The molecular formula is C10H15ClN4O2. The van der Waals surface area contributed by atoms with E-state index in [9.17, 15) is 0 Å². The highest BCUT2D eigenvalue weighted by Gasteiger charge is 2.26. The molecule has 2 heterocycles. The van der Waals surface area contributed by atoms with Gasteiger partial charge in [0.1, 0.15) is 0 Å². The van der Waals surface area contributed by atoms with E-state index in [1.807, 2.05) is 11.8 Å². The molecule has 0 amide bonds. The fourth-order valence-electron chi connectivity index (χ4n) is 1.82. The number of aliphatic hydroxyl groups excluding tert-OH is 1. The van der Waals surface area contributed by atoms with Crippen LogP contribution < -0.4 is 4.90 Å². The van der Waals surface area contributed by atoms with Crippen molar-refractivity contribution in [2.75, 3.05) is 24.6 Å². The van der Waals surface area contributed by atoms with Crippen LogP contribution in [0.1, 0.15) is 12.6 Å². The average Bonchev–Trinajstić information content (AvgIpc) is 2.32. The van der Waals surface area contributed by atoms with Crippen molar-refractivity contribution in [2.45, 2.75) is 26.1 Å². The number of aryl methyl sites for hydroxylation is 1. The van der Waals surface area contributed by atoms with Gasteiger partial charge < -0.3 is 14.7 Å². The zero-order valence-electron chi connectivity index (χ0n) is 9.80. The lowest BCUT2D eigenvalue weighted by atomic mass is 10.2. The molecule has 1 aromatic rings. The van der Waals surface area contributed by atoms with Crippen LogP contribution in [0.15, 0.2) is 0 Å². The molecule has 7 heteroatoms. The lowest BCUT2D eigenvalue weighted by Crippen LogP contribution is -2.48. The minimum atomic E-state index is -0.210. The van der Waals surface area contributed by atoms with Gasteiger partial charge in [0, 0.05) is 13.1 Å². The maximum atomic E-state index is 9.14. The fraction of sp³-hybridized carbons (Fsp3) is 0.700. The van der Waals surface area contributed by atoms with Crippen molar-refractivity contribution in [3.63, 3.8) is 0 Å². The van der Waals surface area contributed by atoms with Crippen LogP contribution in [-0.2, 0) is 4.74 Å². The van der Waals surface area contributed by atoms with Gasteiger partial charge in [0.15, 0.2) is 5.15 Å². The van der Waals surface area contributed by atoms with Crippen molar-refractivity contribution in [3.05, 3.63) is 10.8 Å². The van der Waals surface area contributed by atoms with E-state index in [4.69, 9.17) is 21.4 Å². The molecule has 94 valence electrons. The molecule has 2 atom stereocenters. The van der Waals surface area contributed by atoms with Gasteiger partial charge in [-0.15, -0.1) is 10.2 Å².